The predicted octanol–water partition coefficient (Wildman–Crippen LogP) is 6.62. The molecule has 0 aromatic heterocycles. The molecule has 7 nitrogen and oxygen atoms in total. The van der Waals surface area contributed by atoms with E-state index in [1.54, 1.807) is 53.7 Å². The maximum atomic E-state index is 13.1. The van der Waals surface area contributed by atoms with Crippen molar-refractivity contribution >= 4 is 19.2 Å². The summed E-state index contributed by atoms with van der Waals surface area (Å²) in [5.41, 5.74) is -0.596. The summed E-state index contributed by atoms with van der Waals surface area (Å²) < 4.78 is 29.8. The number of hydrogen-bond donors (Lipinski definition) is 0. The Kier molecular flexibility index (Phi) is 7.03. The van der Waals surface area contributed by atoms with Gasteiger partial charge in [-0.1, -0.05) is 32.9 Å². The second-order valence-corrected chi connectivity index (χ2v) is 13.9. The molecule has 1 saturated heterocycles. The van der Waals surface area contributed by atoms with Gasteiger partial charge in [0.15, 0.2) is 5.75 Å². The fraction of sp³-hybridized carbons (Fsp3) is 0.724. The lowest BCUT2D eigenvalue weighted by atomic mass is 9.43. The molecule has 3 aliphatic carbocycles. The molecular formula is C29H43BO7. The normalized spacial score (nSPS) is 29.1. The molecule has 2 bridgehead atoms. The molecule has 0 N–H and O–H groups in total. The molecule has 0 radical (unpaired) electrons. The summed E-state index contributed by atoms with van der Waals surface area (Å²) in [7, 11) is -0.385. The largest absolute Gasteiger partial charge is 0.514 e. The van der Waals surface area contributed by atoms with Gasteiger partial charge in [-0.2, -0.15) is 0 Å². The Hall–Kier alpha value is -2.06. The summed E-state index contributed by atoms with van der Waals surface area (Å²) in [4.78, 5) is 25.7. The van der Waals surface area contributed by atoms with E-state index in [4.69, 9.17) is 23.5 Å². The highest BCUT2D eigenvalue weighted by Gasteiger charge is 2.68. The van der Waals surface area contributed by atoms with Crippen molar-refractivity contribution in [3.05, 3.63) is 29.3 Å². The number of para-hydroxylation sites is 1. The van der Waals surface area contributed by atoms with Crippen LogP contribution in [0.4, 0.5) is 4.79 Å². The van der Waals surface area contributed by atoms with E-state index in [-0.39, 0.29) is 41.4 Å². The number of carbonyl (C=O) groups is 2. The van der Waals surface area contributed by atoms with Crippen molar-refractivity contribution in [2.75, 3.05) is 0 Å². The van der Waals surface area contributed by atoms with Crippen molar-refractivity contribution in [2.45, 2.75) is 117 Å². The molecule has 5 unspecified atom stereocenters. The highest BCUT2D eigenvalue weighted by atomic mass is 16.7. The quantitative estimate of drug-likeness (QED) is 0.248. The molecule has 8 heteroatoms. The van der Waals surface area contributed by atoms with Gasteiger partial charge in [-0.05, 0) is 102 Å². The van der Waals surface area contributed by atoms with Gasteiger partial charge in [-0.25, -0.2) is 9.59 Å². The zero-order valence-corrected chi connectivity index (χ0v) is 24.1. The molecule has 1 aromatic carbocycles. The summed E-state index contributed by atoms with van der Waals surface area (Å²) in [6.07, 6.45) is 1.91. The van der Waals surface area contributed by atoms with Gasteiger partial charge in [0, 0.05) is 0 Å². The second kappa shape index (κ2) is 9.30. The first-order chi connectivity index (χ1) is 16.9. The van der Waals surface area contributed by atoms with E-state index in [0.717, 1.165) is 6.42 Å². The van der Waals surface area contributed by atoms with E-state index in [9.17, 15) is 9.59 Å². The molecule has 3 saturated carbocycles. The number of carbonyl (C=O) groups excluding carboxylic acids is 2. The highest BCUT2D eigenvalue weighted by Crippen LogP contribution is 2.66. The molecular weight excluding hydrogens is 471 g/mol. The van der Waals surface area contributed by atoms with Crippen molar-refractivity contribution in [3.63, 3.8) is 0 Å². The van der Waals surface area contributed by atoms with Crippen molar-refractivity contribution in [2.24, 2.45) is 17.3 Å². The van der Waals surface area contributed by atoms with Crippen molar-refractivity contribution in [1.82, 2.24) is 0 Å². The van der Waals surface area contributed by atoms with Crippen LogP contribution in [0.2, 0.25) is 5.82 Å². The van der Waals surface area contributed by atoms with Crippen LogP contribution in [0.25, 0.3) is 0 Å². The SMILES string of the molecule is CC(Cc1cccc(C(=O)OC(C)(C)C)c1OC(=O)OC(C)(C)C)B1OC2CC3CC(C3(C)C)C2(C)O1. The van der Waals surface area contributed by atoms with E-state index >= 15 is 0 Å². The summed E-state index contributed by atoms with van der Waals surface area (Å²) in [5, 5.41) is 0. The molecule has 1 aromatic rings. The van der Waals surface area contributed by atoms with Crippen LogP contribution in [0.3, 0.4) is 0 Å². The highest BCUT2D eigenvalue weighted by molar-refractivity contribution is 6.47. The molecule has 5 atom stereocenters. The number of esters is 1. The lowest BCUT2D eigenvalue weighted by molar-refractivity contribution is -0.199. The molecule has 4 fully saturated rings. The minimum absolute atomic E-state index is 0.0439. The first kappa shape index (κ1) is 28.0. The van der Waals surface area contributed by atoms with E-state index < -0.39 is 23.3 Å². The van der Waals surface area contributed by atoms with Crippen LogP contribution in [0, 0.1) is 17.3 Å². The number of ether oxygens (including phenoxy) is 3. The Balaban J connectivity index is 1.57. The summed E-state index contributed by atoms with van der Waals surface area (Å²) in [6, 6.07) is 5.24. The molecule has 204 valence electrons. The van der Waals surface area contributed by atoms with Gasteiger partial charge >= 0.3 is 19.2 Å². The lowest BCUT2D eigenvalue weighted by Gasteiger charge is -2.64. The van der Waals surface area contributed by atoms with Crippen molar-refractivity contribution < 1.29 is 33.1 Å². The second-order valence-electron chi connectivity index (χ2n) is 13.9. The fourth-order valence-corrected chi connectivity index (χ4v) is 6.30. The summed E-state index contributed by atoms with van der Waals surface area (Å²) in [6.45, 7) is 19.6. The van der Waals surface area contributed by atoms with E-state index in [2.05, 4.69) is 27.7 Å². The van der Waals surface area contributed by atoms with Gasteiger partial charge in [0.25, 0.3) is 0 Å². The zero-order chi connectivity index (χ0) is 27.6. The van der Waals surface area contributed by atoms with E-state index in [1.165, 1.54) is 6.42 Å². The first-order valence-corrected chi connectivity index (χ1v) is 13.5. The van der Waals surface area contributed by atoms with Gasteiger partial charge < -0.3 is 23.5 Å². The molecule has 37 heavy (non-hydrogen) atoms. The fourth-order valence-electron chi connectivity index (χ4n) is 6.30. The maximum absolute atomic E-state index is 13.1. The van der Waals surface area contributed by atoms with Gasteiger partial charge in [0.2, 0.25) is 0 Å². The molecule has 0 spiro atoms. The Morgan fingerprint density at radius 2 is 1.70 bits per heavy atom. The van der Waals surface area contributed by atoms with Crippen LogP contribution >= 0.6 is 0 Å². The van der Waals surface area contributed by atoms with Crippen LogP contribution in [-0.4, -0.2) is 42.2 Å². The van der Waals surface area contributed by atoms with Gasteiger partial charge in [-0.15, -0.1) is 0 Å². The van der Waals surface area contributed by atoms with Gasteiger partial charge in [0.05, 0.1) is 11.7 Å². The number of rotatable bonds is 5. The Bertz CT molecular complexity index is 1050. The van der Waals surface area contributed by atoms with Crippen LogP contribution < -0.4 is 4.74 Å². The predicted molar refractivity (Wildman–Crippen MR) is 142 cm³/mol. The third-order valence-corrected chi connectivity index (χ3v) is 8.27. The molecule has 4 aliphatic rings. The van der Waals surface area contributed by atoms with E-state index in [1.807, 2.05) is 6.07 Å². The monoisotopic (exact) mass is 514 g/mol. The maximum Gasteiger partial charge on any atom is 0.514 e. The minimum atomic E-state index is -0.869. The Morgan fingerprint density at radius 3 is 2.30 bits per heavy atom. The third kappa shape index (κ3) is 5.56. The summed E-state index contributed by atoms with van der Waals surface area (Å²) in [5.74, 6) is 0.699. The summed E-state index contributed by atoms with van der Waals surface area (Å²) >= 11 is 0. The minimum Gasteiger partial charge on any atom is -0.456 e. The van der Waals surface area contributed by atoms with E-state index in [0.29, 0.717) is 23.8 Å². The Morgan fingerprint density at radius 1 is 1.05 bits per heavy atom. The average molecular weight is 514 g/mol. The smallest absolute Gasteiger partial charge is 0.456 e. The van der Waals surface area contributed by atoms with Gasteiger partial charge in [0.1, 0.15) is 16.8 Å². The molecule has 5 rings (SSSR count). The standard InChI is InChI=1S/C29H43BO7/c1-17(30-36-22-16-19-15-21(28(19,8)9)29(22,10)37-30)14-18-12-11-13-20(24(31)34-26(2,3)4)23(18)33-25(32)35-27(5,6)7/h11-13,17,19,21-22H,14-16H2,1-10H3. The van der Waals surface area contributed by atoms with Crippen LogP contribution in [0.1, 0.15) is 98.0 Å². The Labute approximate surface area is 222 Å². The van der Waals surface area contributed by atoms with Crippen molar-refractivity contribution in [1.29, 1.82) is 0 Å². The van der Waals surface area contributed by atoms with Crippen molar-refractivity contribution in [3.8, 4) is 5.75 Å². The first-order valence-electron chi connectivity index (χ1n) is 13.5. The zero-order valence-electron chi connectivity index (χ0n) is 24.1. The number of benzene rings is 1. The van der Waals surface area contributed by atoms with Crippen LogP contribution in [0.5, 0.6) is 5.75 Å². The molecule has 1 heterocycles. The molecule has 1 aliphatic heterocycles. The number of hydrogen-bond acceptors (Lipinski definition) is 7. The van der Waals surface area contributed by atoms with Gasteiger partial charge in [-0.3, -0.25) is 0 Å². The topological polar surface area (TPSA) is 80.3 Å². The van der Waals surface area contributed by atoms with Crippen LogP contribution in [0.15, 0.2) is 18.2 Å². The van der Waals surface area contributed by atoms with Crippen LogP contribution in [-0.2, 0) is 25.2 Å². The average Bonchev–Trinajstić information content (AvgIpc) is 3.09. The third-order valence-electron chi connectivity index (χ3n) is 8.27. The lowest BCUT2D eigenvalue weighted by Crippen LogP contribution is -2.65. The molecule has 0 amide bonds.